The molecule has 0 fully saturated rings. The lowest BCUT2D eigenvalue weighted by Gasteiger charge is -1.98. The number of benzene rings is 1. The Balaban J connectivity index is 2.29. The van der Waals surface area contributed by atoms with E-state index >= 15 is 0 Å². The van der Waals surface area contributed by atoms with Gasteiger partial charge in [-0.25, -0.2) is 0 Å². The fraction of sp³-hybridized carbons (Fsp3) is 0.385. The van der Waals surface area contributed by atoms with Crippen LogP contribution in [0.3, 0.4) is 0 Å². The fourth-order valence-electron chi connectivity index (χ4n) is 1.74. The molecule has 2 nitrogen and oxygen atoms in total. The van der Waals surface area contributed by atoms with Gasteiger partial charge in [0.2, 0.25) is 0 Å². The second-order valence-corrected chi connectivity index (χ2v) is 3.85. The van der Waals surface area contributed by atoms with Gasteiger partial charge >= 0.3 is 0 Å². The first kappa shape index (κ1) is 10.2. The average molecular weight is 204 g/mol. The van der Waals surface area contributed by atoms with Gasteiger partial charge in [0.05, 0.1) is 0 Å². The fourth-order valence-corrected chi connectivity index (χ4v) is 1.74. The summed E-state index contributed by atoms with van der Waals surface area (Å²) in [6, 6.07) is 8.15. The van der Waals surface area contributed by atoms with E-state index in [1.54, 1.807) is 0 Å². The van der Waals surface area contributed by atoms with Gasteiger partial charge in [0, 0.05) is 5.39 Å². The summed E-state index contributed by atoms with van der Waals surface area (Å²) < 4.78 is 5.49. The third-order valence-electron chi connectivity index (χ3n) is 2.61. The third kappa shape index (κ3) is 2.21. The Labute approximate surface area is 89.5 Å². The van der Waals surface area contributed by atoms with Gasteiger partial charge in [0.1, 0.15) is 18.0 Å². The second kappa shape index (κ2) is 4.49. The summed E-state index contributed by atoms with van der Waals surface area (Å²) in [5.41, 5.74) is 2.19. The first-order chi connectivity index (χ1) is 7.33. The number of aliphatic hydroxyl groups is 1. The highest BCUT2D eigenvalue weighted by atomic mass is 16.4. The van der Waals surface area contributed by atoms with Gasteiger partial charge in [-0.3, -0.25) is 0 Å². The van der Waals surface area contributed by atoms with Crippen molar-refractivity contribution in [3.05, 3.63) is 35.6 Å². The number of fused-ring (bicyclic) bond motifs is 1. The molecule has 0 aliphatic rings. The van der Waals surface area contributed by atoms with Crippen molar-refractivity contribution in [2.24, 2.45) is 0 Å². The predicted molar refractivity (Wildman–Crippen MR) is 60.7 cm³/mol. The second-order valence-electron chi connectivity index (χ2n) is 3.85. The summed E-state index contributed by atoms with van der Waals surface area (Å²) in [6.07, 6.45) is 3.51. The maximum absolute atomic E-state index is 8.96. The lowest BCUT2D eigenvalue weighted by molar-refractivity contribution is 0.251. The van der Waals surface area contributed by atoms with Crippen LogP contribution < -0.4 is 0 Å². The molecule has 0 saturated heterocycles. The summed E-state index contributed by atoms with van der Waals surface area (Å²) in [7, 11) is 0. The lowest BCUT2D eigenvalue weighted by Crippen LogP contribution is -1.82. The first-order valence-electron chi connectivity index (χ1n) is 5.45. The molecule has 1 heterocycles. The molecule has 2 rings (SSSR count). The van der Waals surface area contributed by atoms with E-state index in [9.17, 15) is 0 Å². The molecule has 0 amide bonds. The van der Waals surface area contributed by atoms with Crippen LogP contribution in [0.4, 0.5) is 0 Å². The molecule has 15 heavy (non-hydrogen) atoms. The molecule has 2 heteroatoms. The van der Waals surface area contributed by atoms with Crippen LogP contribution in [0.2, 0.25) is 0 Å². The largest absolute Gasteiger partial charge is 0.459 e. The Bertz CT molecular complexity index is 443. The highest BCUT2D eigenvalue weighted by molar-refractivity contribution is 5.78. The number of unbranched alkanes of at least 4 members (excludes halogenated alkanes) is 1. The first-order valence-corrected chi connectivity index (χ1v) is 5.45. The van der Waals surface area contributed by atoms with Crippen molar-refractivity contribution in [1.29, 1.82) is 0 Å². The third-order valence-corrected chi connectivity index (χ3v) is 2.61. The van der Waals surface area contributed by atoms with Crippen molar-refractivity contribution in [3.8, 4) is 0 Å². The van der Waals surface area contributed by atoms with Crippen LogP contribution in [-0.4, -0.2) is 5.11 Å². The normalized spacial score (nSPS) is 11.1. The van der Waals surface area contributed by atoms with E-state index in [1.165, 1.54) is 18.4 Å². The minimum atomic E-state index is -0.0288. The molecule has 0 aliphatic heterocycles. The quantitative estimate of drug-likeness (QED) is 0.829. The van der Waals surface area contributed by atoms with Crippen molar-refractivity contribution < 1.29 is 9.52 Å². The van der Waals surface area contributed by atoms with Crippen molar-refractivity contribution in [2.75, 3.05) is 0 Å². The van der Waals surface area contributed by atoms with E-state index in [2.05, 4.69) is 25.1 Å². The van der Waals surface area contributed by atoms with Crippen LogP contribution in [0, 0.1) is 0 Å². The lowest BCUT2D eigenvalue weighted by atomic mass is 10.1. The van der Waals surface area contributed by atoms with E-state index in [0.29, 0.717) is 5.76 Å². The van der Waals surface area contributed by atoms with Gasteiger partial charge in [-0.1, -0.05) is 25.5 Å². The van der Waals surface area contributed by atoms with E-state index in [-0.39, 0.29) is 6.61 Å². The minimum Gasteiger partial charge on any atom is -0.459 e. The van der Waals surface area contributed by atoms with Crippen LogP contribution in [0.1, 0.15) is 31.1 Å². The predicted octanol–water partition coefficient (Wildman–Crippen LogP) is 3.27. The SMILES string of the molecule is CCCCc1ccc2cc(CO)oc2c1. The molecular weight excluding hydrogens is 188 g/mol. The number of hydrogen-bond acceptors (Lipinski definition) is 2. The van der Waals surface area contributed by atoms with Gasteiger partial charge in [0.25, 0.3) is 0 Å². The van der Waals surface area contributed by atoms with Crippen molar-refractivity contribution in [2.45, 2.75) is 32.8 Å². The Morgan fingerprint density at radius 2 is 2.13 bits per heavy atom. The maximum Gasteiger partial charge on any atom is 0.134 e. The van der Waals surface area contributed by atoms with Gasteiger partial charge in [-0.2, -0.15) is 0 Å². The molecule has 1 N–H and O–H groups in total. The number of aryl methyl sites for hydroxylation is 1. The summed E-state index contributed by atoms with van der Waals surface area (Å²) in [4.78, 5) is 0. The molecular formula is C13H16O2. The van der Waals surface area contributed by atoms with Gasteiger partial charge < -0.3 is 9.52 Å². The van der Waals surface area contributed by atoms with Crippen molar-refractivity contribution in [3.63, 3.8) is 0 Å². The van der Waals surface area contributed by atoms with Crippen LogP contribution in [0.15, 0.2) is 28.7 Å². The van der Waals surface area contributed by atoms with Crippen LogP contribution in [0.5, 0.6) is 0 Å². The van der Waals surface area contributed by atoms with Gasteiger partial charge in [-0.05, 0) is 30.5 Å². The number of aliphatic hydroxyl groups excluding tert-OH is 1. The summed E-state index contributed by atoms with van der Waals surface area (Å²) in [5.74, 6) is 0.637. The van der Waals surface area contributed by atoms with E-state index in [4.69, 9.17) is 9.52 Å². The molecule has 0 spiro atoms. The topological polar surface area (TPSA) is 33.4 Å². The van der Waals surface area contributed by atoms with Crippen molar-refractivity contribution >= 4 is 11.0 Å². The highest BCUT2D eigenvalue weighted by Crippen LogP contribution is 2.21. The van der Waals surface area contributed by atoms with E-state index in [0.717, 1.165) is 17.4 Å². The van der Waals surface area contributed by atoms with Crippen LogP contribution in [-0.2, 0) is 13.0 Å². The average Bonchev–Trinajstić information content (AvgIpc) is 2.68. The Morgan fingerprint density at radius 1 is 1.27 bits per heavy atom. The van der Waals surface area contributed by atoms with E-state index in [1.807, 2.05) is 6.07 Å². The molecule has 0 aliphatic carbocycles. The number of rotatable bonds is 4. The summed E-state index contributed by atoms with van der Waals surface area (Å²) in [5, 5.41) is 10.0. The molecule has 0 unspecified atom stereocenters. The number of hydrogen-bond donors (Lipinski definition) is 1. The Hall–Kier alpha value is -1.28. The van der Waals surface area contributed by atoms with Gasteiger partial charge in [-0.15, -0.1) is 0 Å². The Kier molecular flexibility index (Phi) is 3.07. The molecule has 0 bridgehead atoms. The molecule has 0 radical (unpaired) electrons. The molecule has 80 valence electrons. The number of furan rings is 1. The molecule has 0 atom stereocenters. The van der Waals surface area contributed by atoms with E-state index < -0.39 is 0 Å². The van der Waals surface area contributed by atoms with Crippen molar-refractivity contribution in [1.82, 2.24) is 0 Å². The van der Waals surface area contributed by atoms with Crippen LogP contribution >= 0.6 is 0 Å². The molecule has 0 saturated carbocycles. The van der Waals surface area contributed by atoms with Gasteiger partial charge in [0.15, 0.2) is 0 Å². The van der Waals surface area contributed by atoms with Crippen LogP contribution in [0.25, 0.3) is 11.0 Å². The zero-order valence-corrected chi connectivity index (χ0v) is 8.99. The zero-order valence-electron chi connectivity index (χ0n) is 8.99. The smallest absolute Gasteiger partial charge is 0.134 e. The summed E-state index contributed by atoms with van der Waals surface area (Å²) in [6.45, 7) is 2.16. The molecule has 1 aromatic heterocycles. The monoisotopic (exact) mass is 204 g/mol. The highest BCUT2D eigenvalue weighted by Gasteiger charge is 2.03. The summed E-state index contributed by atoms with van der Waals surface area (Å²) >= 11 is 0. The standard InChI is InChI=1S/C13H16O2/c1-2-3-4-10-5-6-11-8-12(9-14)15-13(11)7-10/h5-8,14H,2-4,9H2,1H3. The maximum atomic E-state index is 8.96. The Morgan fingerprint density at radius 3 is 2.87 bits per heavy atom. The molecule has 1 aromatic carbocycles. The zero-order chi connectivity index (χ0) is 10.7. The minimum absolute atomic E-state index is 0.0288. The molecule has 2 aromatic rings.